The lowest BCUT2D eigenvalue weighted by Gasteiger charge is -2.22. The van der Waals surface area contributed by atoms with Gasteiger partial charge in [0.15, 0.2) is 0 Å². The second kappa shape index (κ2) is 11.7. The van der Waals surface area contributed by atoms with Crippen molar-refractivity contribution in [2.75, 3.05) is 18.9 Å². The first-order valence-electron chi connectivity index (χ1n) is 12.3. The van der Waals surface area contributed by atoms with Crippen molar-refractivity contribution >= 4 is 22.2 Å². The topological polar surface area (TPSA) is 133 Å². The number of rotatable bonds is 9. The molecule has 0 amide bonds. The molecule has 39 heavy (non-hydrogen) atoms. The molecule has 11 nitrogen and oxygen atoms in total. The number of ether oxygens (including phenoxy) is 2. The van der Waals surface area contributed by atoms with Gasteiger partial charge in [-0.25, -0.2) is 18.4 Å². The highest BCUT2D eigenvalue weighted by Gasteiger charge is 2.33. The number of hydrogen-bond donors (Lipinski definition) is 1. The third-order valence-corrected chi connectivity index (χ3v) is 8.38. The van der Waals surface area contributed by atoms with E-state index in [1.54, 1.807) is 68.3 Å². The number of anilines is 1. The van der Waals surface area contributed by atoms with Crippen LogP contribution in [-0.4, -0.2) is 58.8 Å². The van der Waals surface area contributed by atoms with E-state index in [2.05, 4.69) is 41.7 Å². The molecule has 1 aliphatic heterocycles. The molecule has 0 saturated carbocycles. The average molecular weight is 550 g/mol. The number of para-hydroxylation sites is 1. The summed E-state index contributed by atoms with van der Waals surface area (Å²) in [7, 11) is -0.927. The van der Waals surface area contributed by atoms with E-state index < -0.39 is 21.2 Å². The first-order valence-corrected chi connectivity index (χ1v) is 13.9. The minimum absolute atomic E-state index is 0.00180. The summed E-state index contributed by atoms with van der Waals surface area (Å²) in [6, 6.07) is 5.30. The van der Waals surface area contributed by atoms with Gasteiger partial charge in [0.05, 0.1) is 31.0 Å². The van der Waals surface area contributed by atoms with Crippen molar-refractivity contribution in [3.63, 3.8) is 0 Å². The quantitative estimate of drug-likeness (QED) is 0.398. The zero-order chi connectivity index (χ0) is 28.2. The van der Waals surface area contributed by atoms with E-state index in [0.717, 1.165) is 5.57 Å². The lowest BCUT2D eigenvalue weighted by atomic mass is 9.99. The van der Waals surface area contributed by atoms with Crippen LogP contribution in [0.5, 0.6) is 11.5 Å². The summed E-state index contributed by atoms with van der Waals surface area (Å²) in [5.41, 5.74) is 2.19. The SMILES string of the molecule is CC#Cc1cnc([C@@H](C)[C@H](C)S(=O)(=O)Nc2nnc(C3C=NC=C(C)C3)n2-c2c(OC)cccc2OC)nc1. The summed E-state index contributed by atoms with van der Waals surface area (Å²) in [6.45, 7) is 7.06. The van der Waals surface area contributed by atoms with E-state index in [9.17, 15) is 8.42 Å². The predicted molar refractivity (Wildman–Crippen MR) is 149 cm³/mol. The maximum absolute atomic E-state index is 13.6. The van der Waals surface area contributed by atoms with E-state index in [0.29, 0.717) is 40.8 Å². The summed E-state index contributed by atoms with van der Waals surface area (Å²) in [5, 5.41) is 7.75. The Morgan fingerprint density at radius 2 is 1.77 bits per heavy atom. The highest BCUT2D eigenvalue weighted by atomic mass is 32.2. The normalized spacial score (nSPS) is 16.5. The number of methoxy groups -OCH3 is 2. The Labute approximate surface area is 228 Å². The number of aliphatic imine (C=N–C) groups is 1. The molecule has 0 saturated heterocycles. The molecule has 3 atom stereocenters. The number of sulfonamides is 1. The molecule has 3 heterocycles. The second-order valence-corrected chi connectivity index (χ2v) is 11.2. The van der Waals surface area contributed by atoms with Gasteiger partial charge in [-0.05, 0) is 39.3 Å². The van der Waals surface area contributed by atoms with Crippen molar-refractivity contribution in [2.45, 2.75) is 51.2 Å². The monoisotopic (exact) mass is 549 g/mol. The highest BCUT2D eigenvalue weighted by molar-refractivity contribution is 7.93. The molecule has 1 unspecified atom stereocenters. The maximum Gasteiger partial charge on any atom is 0.243 e. The molecule has 1 aromatic carbocycles. The fraction of sp³-hybridized carbons (Fsp3) is 0.370. The largest absolute Gasteiger partial charge is 0.494 e. The standard InChI is InChI=1S/C27H31N7O4S/c1-7-9-20-14-29-25(30-15-20)18(3)19(4)39(35,36)33-27-32-31-26(21-12-17(2)13-28-16-21)34(27)24-22(37-5)10-8-11-23(24)38-6/h8,10-11,13-16,18-19,21H,12H2,1-6H3,(H,32,33)/t18-,19-,21?/m0/s1. The molecule has 1 aliphatic rings. The van der Waals surface area contributed by atoms with Gasteiger partial charge < -0.3 is 9.47 Å². The third-order valence-electron chi connectivity index (χ3n) is 6.52. The smallest absolute Gasteiger partial charge is 0.243 e. The van der Waals surface area contributed by atoms with Crippen LogP contribution in [0, 0.1) is 11.8 Å². The summed E-state index contributed by atoms with van der Waals surface area (Å²) >= 11 is 0. The van der Waals surface area contributed by atoms with Gasteiger partial charge in [-0.1, -0.05) is 24.5 Å². The van der Waals surface area contributed by atoms with E-state index >= 15 is 0 Å². The Kier molecular flexibility index (Phi) is 8.30. The first kappa shape index (κ1) is 27.8. The van der Waals surface area contributed by atoms with E-state index in [4.69, 9.17) is 9.47 Å². The minimum Gasteiger partial charge on any atom is -0.494 e. The molecule has 0 radical (unpaired) electrons. The van der Waals surface area contributed by atoms with Crippen LogP contribution < -0.4 is 14.2 Å². The molecule has 0 fully saturated rings. The van der Waals surface area contributed by atoms with E-state index in [1.807, 2.05) is 6.92 Å². The minimum atomic E-state index is -3.99. The molecule has 1 N–H and O–H groups in total. The van der Waals surface area contributed by atoms with Crippen LogP contribution >= 0.6 is 0 Å². The average Bonchev–Trinajstić information content (AvgIpc) is 3.34. The van der Waals surface area contributed by atoms with Gasteiger partial charge in [-0.2, -0.15) is 0 Å². The zero-order valence-corrected chi connectivity index (χ0v) is 23.5. The molecule has 0 bridgehead atoms. The van der Waals surface area contributed by atoms with Gasteiger partial charge >= 0.3 is 0 Å². The molecule has 0 spiro atoms. The van der Waals surface area contributed by atoms with Crippen LogP contribution in [0.1, 0.15) is 63.2 Å². The van der Waals surface area contributed by atoms with Crippen LogP contribution in [0.25, 0.3) is 5.69 Å². The van der Waals surface area contributed by atoms with Crippen molar-refractivity contribution in [1.82, 2.24) is 24.7 Å². The molecule has 204 valence electrons. The summed E-state index contributed by atoms with van der Waals surface area (Å²) in [6.07, 6.45) is 7.37. The van der Waals surface area contributed by atoms with Gasteiger partial charge in [-0.3, -0.25) is 14.3 Å². The van der Waals surface area contributed by atoms with Gasteiger partial charge in [0.25, 0.3) is 0 Å². The molecule has 2 aromatic heterocycles. The van der Waals surface area contributed by atoms with E-state index in [-0.39, 0.29) is 11.9 Å². The van der Waals surface area contributed by atoms with Crippen LogP contribution in [0.15, 0.2) is 47.4 Å². The number of nitrogens with one attached hydrogen (secondary N) is 1. The Hall–Kier alpha value is -4.24. The Bertz CT molecular complexity index is 1550. The fourth-order valence-electron chi connectivity index (χ4n) is 4.24. The van der Waals surface area contributed by atoms with Crippen LogP contribution in [-0.2, 0) is 10.0 Å². The molecular weight excluding hydrogens is 518 g/mol. The Morgan fingerprint density at radius 3 is 2.36 bits per heavy atom. The van der Waals surface area contributed by atoms with Crippen LogP contribution in [0.3, 0.4) is 0 Å². The van der Waals surface area contributed by atoms with Gasteiger partial charge in [0.2, 0.25) is 16.0 Å². The van der Waals surface area contributed by atoms with Crippen molar-refractivity contribution in [1.29, 1.82) is 0 Å². The fourth-order valence-corrected chi connectivity index (χ4v) is 5.47. The van der Waals surface area contributed by atoms with Gasteiger partial charge in [0, 0.05) is 30.7 Å². The zero-order valence-electron chi connectivity index (χ0n) is 22.7. The van der Waals surface area contributed by atoms with Crippen molar-refractivity contribution in [3.05, 3.63) is 59.6 Å². The number of aromatic nitrogens is 5. The molecule has 12 heteroatoms. The van der Waals surface area contributed by atoms with Gasteiger partial charge in [0.1, 0.15) is 28.8 Å². The number of nitrogens with zero attached hydrogens (tertiary/aromatic N) is 6. The summed E-state index contributed by atoms with van der Waals surface area (Å²) < 4.78 is 42.8. The molecule has 3 aromatic rings. The Morgan fingerprint density at radius 1 is 1.10 bits per heavy atom. The molecule has 0 aliphatic carbocycles. The number of allylic oxidation sites excluding steroid dienone is 1. The van der Waals surface area contributed by atoms with E-state index in [1.165, 1.54) is 14.2 Å². The van der Waals surface area contributed by atoms with Crippen molar-refractivity contribution < 1.29 is 17.9 Å². The van der Waals surface area contributed by atoms with Crippen LogP contribution in [0.4, 0.5) is 5.95 Å². The number of benzene rings is 1. The summed E-state index contributed by atoms with van der Waals surface area (Å²) in [5.74, 6) is 6.70. The summed E-state index contributed by atoms with van der Waals surface area (Å²) in [4.78, 5) is 13.0. The number of hydrogen-bond acceptors (Lipinski definition) is 9. The molecule has 4 rings (SSSR count). The second-order valence-electron chi connectivity index (χ2n) is 9.16. The highest BCUT2D eigenvalue weighted by Crippen LogP contribution is 2.38. The Balaban J connectivity index is 1.76. The van der Waals surface area contributed by atoms with Crippen molar-refractivity contribution in [3.8, 4) is 29.0 Å². The predicted octanol–water partition coefficient (Wildman–Crippen LogP) is 3.84. The maximum atomic E-state index is 13.6. The third kappa shape index (κ3) is 5.78. The lowest BCUT2D eigenvalue weighted by molar-refractivity contribution is 0.390. The molecular formula is C27H31N7O4S. The van der Waals surface area contributed by atoms with Gasteiger partial charge in [-0.15, -0.1) is 16.1 Å². The lowest BCUT2D eigenvalue weighted by Crippen LogP contribution is -2.31. The van der Waals surface area contributed by atoms with Crippen LogP contribution in [0.2, 0.25) is 0 Å². The first-order chi connectivity index (χ1) is 18.7. The van der Waals surface area contributed by atoms with Crippen molar-refractivity contribution in [2.24, 2.45) is 4.99 Å².